The van der Waals surface area contributed by atoms with Gasteiger partial charge in [0.15, 0.2) is 14.6 Å². The molecule has 6 nitrogen and oxygen atoms in total. The zero-order chi connectivity index (χ0) is 17.8. The lowest BCUT2D eigenvalue weighted by Crippen LogP contribution is -2.59. The van der Waals surface area contributed by atoms with Gasteiger partial charge in [-0.15, -0.1) is 24.8 Å². The summed E-state index contributed by atoms with van der Waals surface area (Å²) in [6, 6.07) is 0. The molecule has 0 atom stereocenters. The second-order valence-corrected chi connectivity index (χ2v) is 9.56. The molecule has 0 radical (unpaired) electrons. The molecule has 0 unspecified atom stereocenters. The van der Waals surface area contributed by atoms with Gasteiger partial charge in [-0.25, -0.2) is 8.42 Å². The quantitative estimate of drug-likeness (QED) is 0.690. The molecule has 0 aromatic heterocycles. The average Bonchev–Trinajstić information content (AvgIpc) is 2.59. The number of hydrogen-bond acceptors (Lipinski definition) is 5. The molecule has 0 saturated carbocycles. The Morgan fingerprint density at radius 3 is 2.04 bits per heavy atom. The number of sulfone groups is 1. The molecule has 156 valence electrons. The topological polar surface area (TPSA) is 69.7 Å². The standard InChI is InChI=1S/C17H33N3O3S.2ClH/c1-4-19(5-2)14-15-6-12-20(13-7-15)16(21)17(24(3,22)23)8-10-18-11-9-17;;/h15,18H,4-14H2,1-3H3;2*1H. The van der Waals surface area contributed by atoms with Crippen LogP contribution in [0, 0.1) is 5.92 Å². The van der Waals surface area contributed by atoms with E-state index in [9.17, 15) is 13.2 Å². The first-order chi connectivity index (χ1) is 11.3. The highest BCUT2D eigenvalue weighted by Crippen LogP contribution is 2.32. The number of carbonyl (C=O) groups excluding carboxylic acids is 1. The van der Waals surface area contributed by atoms with Gasteiger partial charge in [-0.3, -0.25) is 4.79 Å². The number of piperidine rings is 2. The fraction of sp³-hybridized carbons (Fsp3) is 0.941. The van der Waals surface area contributed by atoms with Gasteiger partial charge >= 0.3 is 0 Å². The number of hydrogen-bond donors (Lipinski definition) is 1. The van der Waals surface area contributed by atoms with Crippen LogP contribution >= 0.6 is 24.8 Å². The Kier molecular flexibility index (Phi) is 11.0. The van der Waals surface area contributed by atoms with Crippen LogP contribution in [-0.4, -0.2) is 80.9 Å². The third-order valence-electron chi connectivity index (χ3n) is 5.82. The van der Waals surface area contributed by atoms with E-state index >= 15 is 0 Å². The fourth-order valence-corrected chi connectivity index (χ4v) is 5.42. The Labute approximate surface area is 171 Å². The molecule has 9 heteroatoms. The van der Waals surface area contributed by atoms with Gasteiger partial charge in [0, 0.05) is 25.9 Å². The highest BCUT2D eigenvalue weighted by Gasteiger charge is 2.50. The second-order valence-electron chi connectivity index (χ2n) is 7.24. The highest BCUT2D eigenvalue weighted by molar-refractivity contribution is 7.92. The van der Waals surface area contributed by atoms with Gasteiger partial charge in [0.25, 0.3) is 0 Å². The van der Waals surface area contributed by atoms with Gasteiger partial charge in [0.05, 0.1) is 0 Å². The predicted octanol–water partition coefficient (Wildman–Crippen LogP) is 1.58. The van der Waals surface area contributed by atoms with E-state index in [2.05, 4.69) is 24.1 Å². The monoisotopic (exact) mass is 431 g/mol. The first kappa shape index (κ1) is 25.9. The van der Waals surface area contributed by atoms with E-state index in [4.69, 9.17) is 0 Å². The minimum absolute atomic E-state index is 0. The van der Waals surface area contributed by atoms with Crippen molar-refractivity contribution >= 4 is 40.6 Å². The summed E-state index contributed by atoms with van der Waals surface area (Å²) < 4.78 is 23.6. The maximum Gasteiger partial charge on any atom is 0.244 e. The van der Waals surface area contributed by atoms with Crippen molar-refractivity contribution in [2.24, 2.45) is 5.92 Å². The van der Waals surface area contributed by atoms with Crippen LogP contribution in [0.5, 0.6) is 0 Å². The summed E-state index contributed by atoms with van der Waals surface area (Å²) in [6.07, 6.45) is 3.96. The molecule has 1 N–H and O–H groups in total. The zero-order valence-electron chi connectivity index (χ0n) is 16.2. The summed E-state index contributed by atoms with van der Waals surface area (Å²) in [7, 11) is -3.42. The fourth-order valence-electron chi connectivity index (χ4n) is 4.03. The van der Waals surface area contributed by atoms with Crippen molar-refractivity contribution in [1.82, 2.24) is 15.1 Å². The van der Waals surface area contributed by atoms with Crippen LogP contribution in [-0.2, 0) is 14.6 Å². The maximum atomic E-state index is 13.1. The van der Waals surface area contributed by atoms with Crippen LogP contribution in [0.3, 0.4) is 0 Å². The lowest BCUT2D eigenvalue weighted by molar-refractivity contribution is -0.136. The molecular formula is C17H35Cl2N3O3S. The number of nitrogens with zero attached hydrogens (tertiary/aromatic N) is 2. The predicted molar refractivity (Wildman–Crippen MR) is 111 cm³/mol. The summed E-state index contributed by atoms with van der Waals surface area (Å²) in [6.45, 7) is 10.1. The van der Waals surface area contributed by atoms with E-state index in [-0.39, 0.29) is 30.7 Å². The molecule has 0 aromatic rings. The van der Waals surface area contributed by atoms with E-state index in [0.29, 0.717) is 44.9 Å². The van der Waals surface area contributed by atoms with Crippen molar-refractivity contribution in [3.8, 4) is 0 Å². The SMILES string of the molecule is CCN(CC)CC1CCN(C(=O)C2(S(C)(=O)=O)CCNCC2)CC1.Cl.Cl. The molecule has 0 spiro atoms. The van der Waals surface area contributed by atoms with Crippen LogP contribution in [0.15, 0.2) is 0 Å². The molecule has 2 heterocycles. The minimum atomic E-state index is -3.42. The number of carbonyl (C=O) groups is 1. The van der Waals surface area contributed by atoms with Crippen molar-refractivity contribution in [3.63, 3.8) is 0 Å². The van der Waals surface area contributed by atoms with Crippen molar-refractivity contribution < 1.29 is 13.2 Å². The van der Waals surface area contributed by atoms with E-state index in [1.54, 1.807) is 0 Å². The lowest BCUT2D eigenvalue weighted by Gasteiger charge is -2.41. The Bertz CT molecular complexity index is 527. The minimum Gasteiger partial charge on any atom is -0.341 e. The van der Waals surface area contributed by atoms with Gasteiger partial charge in [-0.05, 0) is 57.8 Å². The lowest BCUT2D eigenvalue weighted by atomic mass is 9.91. The van der Waals surface area contributed by atoms with E-state index in [1.807, 2.05) is 4.90 Å². The summed E-state index contributed by atoms with van der Waals surface area (Å²) in [4.78, 5) is 17.3. The van der Waals surface area contributed by atoms with E-state index in [1.165, 1.54) is 6.26 Å². The van der Waals surface area contributed by atoms with Crippen molar-refractivity contribution in [3.05, 3.63) is 0 Å². The number of nitrogens with one attached hydrogen (secondary N) is 1. The number of amides is 1. The molecule has 0 aromatic carbocycles. The van der Waals surface area contributed by atoms with Crippen molar-refractivity contribution in [1.29, 1.82) is 0 Å². The van der Waals surface area contributed by atoms with E-state index in [0.717, 1.165) is 32.5 Å². The smallest absolute Gasteiger partial charge is 0.244 e. The molecule has 26 heavy (non-hydrogen) atoms. The largest absolute Gasteiger partial charge is 0.341 e. The summed E-state index contributed by atoms with van der Waals surface area (Å²) in [5.41, 5.74) is 0. The van der Waals surface area contributed by atoms with Crippen LogP contribution in [0.2, 0.25) is 0 Å². The molecular weight excluding hydrogens is 397 g/mol. The van der Waals surface area contributed by atoms with Crippen LogP contribution < -0.4 is 5.32 Å². The zero-order valence-corrected chi connectivity index (χ0v) is 18.6. The molecule has 2 aliphatic rings. The van der Waals surface area contributed by atoms with Gasteiger partial charge in [-0.2, -0.15) is 0 Å². The van der Waals surface area contributed by atoms with E-state index < -0.39 is 14.6 Å². The molecule has 2 fully saturated rings. The third kappa shape index (κ3) is 5.71. The maximum absolute atomic E-state index is 13.1. The Hall–Kier alpha value is -0.0800. The van der Waals surface area contributed by atoms with Gasteiger partial charge < -0.3 is 15.1 Å². The number of likely N-dealkylation sites (tertiary alicyclic amines) is 1. The Morgan fingerprint density at radius 2 is 1.62 bits per heavy atom. The van der Waals surface area contributed by atoms with Crippen LogP contribution in [0.1, 0.15) is 39.5 Å². The molecule has 1 amide bonds. The normalized spacial score (nSPS) is 21.0. The summed E-state index contributed by atoms with van der Waals surface area (Å²) in [5, 5.41) is 3.17. The first-order valence-corrected chi connectivity index (χ1v) is 11.1. The Balaban J connectivity index is 0.00000312. The molecule has 0 bridgehead atoms. The highest BCUT2D eigenvalue weighted by atomic mass is 35.5. The van der Waals surface area contributed by atoms with Crippen LogP contribution in [0.4, 0.5) is 0 Å². The van der Waals surface area contributed by atoms with Crippen molar-refractivity contribution in [2.75, 3.05) is 52.1 Å². The van der Waals surface area contributed by atoms with Gasteiger partial charge in [-0.1, -0.05) is 13.8 Å². The molecule has 2 rings (SSSR count). The van der Waals surface area contributed by atoms with Crippen molar-refractivity contribution in [2.45, 2.75) is 44.3 Å². The Morgan fingerprint density at radius 1 is 1.12 bits per heavy atom. The summed E-state index contributed by atoms with van der Waals surface area (Å²) in [5.74, 6) is 0.448. The first-order valence-electron chi connectivity index (χ1n) is 9.26. The summed E-state index contributed by atoms with van der Waals surface area (Å²) >= 11 is 0. The van der Waals surface area contributed by atoms with Gasteiger partial charge in [0.2, 0.25) is 5.91 Å². The average molecular weight is 432 g/mol. The molecule has 0 aliphatic carbocycles. The van der Waals surface area contributed by atoms with Crippen LogP contribution in [0.25, 0.3) is 0 Å². The second kappa shape index (κ2) is 11.1. The molecule has 2 saturated heterocycles. The number of halogens is 2. The van der Waals surface area contributed by atoms with Gasteiger partial charge in [0.1, 0.15) is 0 Å². The molecule has 2 aliphatic heterocycles. The number of rotatable bonds is 6. The third-order valence-corrected chi connectivity index (χ3v) is 7.83.